The molecular formula is C35H41ClN4O2. The van der Waals surface area contributed by atoms with E-state index in [0.717, 1.165) is 60.4 Å². The van der Waals surface area contributed by atoms with E-state index in [1.54, 1.807) is 12.1 Å². The van der Waals surface area contributed by atoms with Gasteiger partial charge in [-0.05, 0) is 131 Å². The maximum atomic E-state index is 11.5. The van der Waals surface area contributed by atoms with Crippen molar-refractivity contribution in [3.63, 3.8) is 0 Å². The monoisotopic (exact) mass is 584 g/mol. The molecule has 3 aliphatic rings. The zero-order valence-electron chi connectivity index (χ0n) is 24.9. The lowest BCUT2D eigenvalue weighted by Crippen LogP contribution is -2.29. The minimum atomic E-state index is -0.286. The first-order chi connectivity index (χ1) is 20.3. The van der Waals surface area contributed by atoms with E-state index in [9.17, 15) is 10.1 Å². The van der Waals surface area contributed by atoms with Crippen LogP contribution in [0.4, 0.5) is 11.4 Å². The highest BCUT2D eigenvalue weighted by atomic mass is 35.5. The van der Waals surface area contributed by atoms with Crippen LogP contribution in [0.3, 0.4) is 0 Å². The van der Waals surface area contributed by atoms with Crippen molar-refractivity contribution in [1.29, 1.82) is 0 Å². The largest absolute Gasteiger partial charge is 0.384 e. The maximum Gasteiger partial charge on any atom is 0.269 e. The van der Waals surface area contributed by atoms with Crippen LogP contribution in [0.5, 0.6) is 0 Å². The van der Waals surface area contributed by atoms with Crippen LogP contribution in [-0.2, 0) is 12.8 Å². The molecule has 2 aromatic carbocycles. The Balaban J connectivity index is 1.14. The second-order valence-corrected chi connectivity index (χ2v) is 12.9. The molecule has 2 N–H and O–H groups in total. The number of nitrogens with zero attached hydrogens (tertiary/aromatic N) is 2. The number of nitro groups is 1. The van der Waals surface area contributed by atoms with Gasteiger partial charge in [0.15, 0.2) is 0 Å². The van der Waals surface area contributed by atoms with Gasteiger partial charge < -0.3 is 10.6 Å². The highest BCUT2D eigenvalue weighted by Gasteiger charge is 2.34. The van der Waals surface area contributed by atoms with Gasteiger partial charge in [-0.1, -0.05) is 23.7 Å². The zero-order chi connectivity index (χ0) is 29.4. The maximum absolute atomic E-state index is 11.5. The number of nitrogens with one attached hydrogen (secondary N) is 2. The van der Waals surface area contributed by atoms with Crippen molar-refractivity contribution >= 4 is 33.9 Å². The van der Waals surface area contributed by atoms with Gasteiger partial charge in [-0.25, -0.2) is 0 Å². The van der Waals surface area contributed by atoms with Gasteiger partial charge in [0.05, 0.1) is 10.4 Å². The lowest BCUT2D eigenvalue weighted by atomic mass is 9.69. The number of halogens is 1. The number of pyridine rings is 1. The predicted octanol–water partition coefficient (Wildman–Crippen LogP) is 9.24. The molecule has 3 aromatic rings. The topological polar surface area (TPSA) is 80.1 Å². The normalized spacial score (nSPS) is 22.6. The van der Waals surface area contributed by atoms with Crippen LogP contribution < -0.4 is 10.6 Å². The van der Waals surface area contributed by atoms with E-state index in [2.05, 4.69) is 43.5 Å². The van der Waals surface area contributed by atoms with Gasteiger partial charge >= 0.3 is 0 Å². The van der Waals surface area contributed by atoms with Crippen LogP contribution >= 0.6 is 11.6 Å². The van der Waals surface area contributed by atoms with Crippen molar-refractivity contribution in [3.05, 3.63) is 97.0 Å². The summed E-state index contributed by atoms with van der Waals surface area (Å²) in [6.45, 7) is 7.43. The van der Waals surface area contributed by atoms with Crippen molar-refractivity contribution in [2.24, 2.45) is 11.8 Å². The SMILES string of the molecule is CC1=C(C)C(c2cccc([N+](=O)[O-])c2)C(C2CCC(CCNc3c4c(nc5cc(Cl)ccc35)CCCC4)CC2)=C(C)N1. The average Bonchev–Trinajstić information content (AvgIpc) is 2.99. The Kier molecular flexibility index (Phi) is 8.26. The lowest BCUT2D eigenvalue weighted by molar-refractivity contribution is -0.384. The molecule has 1 saturated carbocycles. The molecule has 1 atom stereocenters. The first-order valence-corrected chi connectivity index (χ1v) is 15.9. The molecule has 1 aliphatic heterocycles. The first-order valence-electron chi connectivity index (χ1n) is 15.5. The molecule has 42 heavy (non-hydrogen) atoms. The lowest BCUT2D eigenvalue weighted by Gasteiger charge is -2.38. The van der Waals surface area contributed by atoms with Gasteiger partial charge in [-0.15, -0.1) is 0 Å². The Morgan fingerprint density at radius 1 is 1.02 bits per heavy atom. The molecule has 2 heterocycles. The van der Waals surface area contributed by atoms with Crippen LogP contribution in [0.15, 0.2) is 65.0 Å². The van der Waals surface area contributed by atoms with Crippen LogP contribution in [0.1, 0.15) is 88.5 Å². The molecule has 0 saturated heterocycles. The molecule has 6 nitrogen and oxygen atoms in total. The van der Waals surface area contributed by atoms with Crippen molar-refractivity contribution in [2.45, 2.75) is 84.5 Å². The third kappa shape index (κ3) is 5.66. The Morgan fingerprint density at radius 2 is 1.81 bits per heavy atom. The molecule has 6 rings (SSSR count). The van der Waals surface area contributed by atoms with Gasteiger partial charge in [-0.3, -0.25) is 15.1 Å². The molecule has 2 aliphatic carbocycles. The van der Waals surface area contributed by atoms with E-state index < -0.39 is 0 Å². The molecule has 1 fully saturated rings. The Labute approximate surface area is 253 Å². The minimum absolute atomic E-state index is 0.0917. The van der Waals surface area contributed by atoms with E-state index in [0.29, 0.717) is 11.8 Å². The molecule has 0 radical (unpaired) electrons. The van der Waals surface area contributed by atoms with Gasteiger partial charge in [0, 0.05) is 57.8 Å². The molecule has 0 spiro atoms. The molecule has 1 aromatic heterocycles. The highest BCUT2D eigenvalue weighted by molar-refractivity contribution is 6.31. The van der Waals surface area contributed by atoms with Gasteiger partial charge in [0.1, 0.15) is 0 Å². The quantitative estimate of drug-likeness (QED) is 0.214. The second-order valence-electron chi connectivity index (χ2n) is 12.5. The molecular weight excluding hydrogens is 544 g/mol. The number of aromatic nitrogens is 1. The number of nitro benzene ring substituents is 1. The van der Waals surface area contributed by atoms with Crippen molar-refractivity contribution < 1.29 is 4.92 Å². The molecule has 0 bridgehead atoms. The molecule has 0 amide bonds. The summed E-state index contributed by atoms with van der Waals surface area (Å²) in [7, 11) is 0. The van der Waals surface area contributed by atoms with Gasteiger partial charge in [0.2, 0.25) is 0 Å². The average molecular weight is 585 g/mol. The number of allylic oxidation sites excluding steroid dienone is 4. The summed E-state index contributed by atoms with van der Waals surface area (Å²) in [4.78, 5) is 16.2. The third-order valence-corrected chi connectivity index (χ3v) is 10.2. The zero-order valence-corrected chi connectivity index (χ0v) is 25.7. The fraction of sp³-hybridized carbons (Fsp3) is 0.457. The summed E-state index contributed by atoms with van der Waals surface area (Å²) in [6, 6.07) is 13.3. The molecule has 1 unspecified atom stereocenters. The summed E-state index contributed by atoms with van der Waals surface area (Å²) in [5.74, 6) is 1.27. The number of aryl methyl sites for hydroxylation is 1. The van der Waals surface area contributed by atoms with Gasteiger partial charge in [-0.2, -0.15) is 0 Å². The van der Waals surface area contributed by atoms with E-state index >= 15 is 0 Å². The summed E-state index contributed by atoms with van der Waals surface area (Å²) in [6.07, 6.45) is 10.4. The summed E-state index contributed by atoms with van der Waals surface area (Å²) < 4.78 is 0. The number of fused-ring (bicyclic) bond motifs is 2. The summed E-state index contributed by atoms with van der Waals surface area (Å²) in [5.41, 5.74) is 11.1. The highest BCUT2D eigenvalue weighted by Crippen LogP contribution is 2.47. The fourth-order valence-corrected chi connectivity index (χ4v) is 7.84. The van der Waals surface area contributed by atoms with Crippen LogP contribution in [-0.4, -0.2) is 16.5 Å². The number of hydrogen-bond acceptors (Lipinski definition) is 5. The van der Waals surface area contributed by atoms with Crippen molar-refractivity contribution in [1.82, 2.24) is 10.3 Å². The minimum Gasteiger partial charge on any atom is -0.384 e. The predicted molar refractivity (Wildman–Crippen MR) is 172 cm³/mol. The Morgan fingerprint density at radius 3 is 2.60 bits per heavy atom. The van der Waals surface area contributed by atoms with E-state index in [1.807, 2.05) is 18.2 Å². The fourth-order valence-electron chi connectivity index (χ4n) is 7.67. The summed E-state index contributed by atoms with van der Waals surface area (Å²) in [5, 5.41) is 20.9. The number of hydrogen-bond donors (Lipinski definition) is 2. The second kappa shape index (κ2) is 12.1. The van der Waals surface area contributed by atoms with E-state index in [1.165, 1.54) is 64.9 Å². The van der Waals surface area contributed by atoms with Crippen LogP contribution in [0.2, 0.25) is 5.02 Å². The number of anilines is 1. The number of dihydropyridines is 1. The first kappa shape index (κ1) is 28.7. The number of non-ortho nitro benzene ring substituents is 1. The number of benzene rings is 2. The molecule has 220 valence electrons. The van der Waals surface area contributed by atoms with Crippen molar-refractivity contribution in [3.8, 4) is 0 Å². The van der Waals surface area contributed by atoms with Gasteiger partial charge in [0.25, 0.3) is 5.69 Å². The summed E-state index contributed by atoms with van der Waals surface area (Å²) >= 11 is 6.32. The Bertz CT molecular complexity index is 1590. The van der Waals surface area contributed by atoms with E-state index in [-0.39, 0.29) is 16.5 Å². The Hall–Kier alpha value is -3.38. The smallest absolute Gasteiger partial charge is 0.269 e. The van der Waals surface area contributed by atoms with E-state index in [4.69, 9.17) is 16.6 Å². The van der Waals surface area contributed by atoms with Crippen LogP contribution in [0, 0.1) is 22.0 Å². The standard InChI is InChI=1S/C35H41ClN4O2/c1-21-22(2)38-23(3)34(33(21)26-7-6-8-28(19-26)40(41)42)25-13-11-24(12-14-25)17-18-37-35-29-9-4-5-10-31(29)39-32-20-27(36)15-16-30(32)35/h6-8,15-16,19-20,24-25,33,38H,4-5,9-14,17-18H2,1-3H3,(H,37,39). The number of rotatable bonds is 7. The van der Waals surface area contributed by atoms with Crippen LogP contribution in [0.25, 0.3) is 10.9 Å². The molecule has 7 heteroatoms. The third-order valence-electron chi connectivity index (χ3n) is 9.92. The van der Waals surface area contributed by atoms with Crippen molar-refractivity contribution in [2.75, 3.05) is 11.9 Å².